The Labute approximate surface area is 114 Å². The van der Waals surface area contributed by atoms with E-state index in [1.165, 1.54) is 0 Å². The molecule has 0 bridgehead atoms. The molecule has 0 aliphatic heterocycles. The van der Waals surface area contributed by atoms with Gasteiger partial charge in [0.1, 0.15) is 5.69 Å². The van der Waals surface area contributed by atoms with Gasteiger partial charge >= 0.3 is 0 Å². The summed E-state index contributed by atoms with van der Waals surface area (Å²) in [4.78, 5) is 11.8. The van der Waals surface area contributed by atoms with E-state index in [1.807, 2.05) is 0 Å². The minimum atomic E-state index is -0.153. The fraction of sp³-hybridized carbons (Fsp3) is 0.692. The lowest BCUT2D eigenvalue weighted by atomic mass is 9.92. The number of hydrogen-bond acceptors (Lipinski definition) is 4. The second kappa shape index (κ2) is 7.25. The SMILES string of the molecule is COCCNCCNC(=O)c1cc(C(C)(C)C)[nH]n1. The van der Waals surface area contributed by atoms with E-state index in [4.69, 9.17) is 4.74 Å². The highest BCUT2D eigenvalue weighted by Crippen LogP contribution is 2.19. The van der Waals surface area contributed by atoms with Crippen LogP contribution in [0.5, 0.6) is 0 Å². The van der Waals surface area contributed by atoms with Crippen LogP contribution in [0.4, 0.5) is 0 Å². The maximum Gasteiger partial charge on any atom is 0.271 e. The summed E-state index contributed by atoms with van der Waals surface area (Å²) in [6.07, 6.45) is 0. The zero-order valence-corrected chi connectivity index (χ0v) is 12.2. The van der Waals surface area contributed by atoms with Gasteiger partial charge in [0.05, 0.1) is 6.61 Å². The molecule has 1 aromatic heterocycles. The highest BCUT2D eigenvalue weighted by Gasteiger charge is 2.18. The second-order valence-corrected chi connectivity index (χ2v) is 5.42. The molecule has 19 heavy (non-hydrogen) atoms. The van der Waals surface area contributed by atoms with Crippen LogP contribution in [-0.2, 0) is 10.2 Å². The third-order valence-corrected chi connectivity index (χ3v) is 2.69. The van der Waals surface area contributed by atoms with Crippen LogP contribution >= 0.6 is 0 Å². The minimum Gasteiger partial charge on any atom is -0.383 e. The maximum atomic E-state index is 11.8. The number of rotatable bonds is 7. The van der Waals surface area contributed by atoms with Crippen molar-refractivity contribution in [2.24, 2.45) is 0 Å². The Morgan fingerprint density at radius 3 is 2.68 bits per heavy atom. The number of nitrogens with zero attached hydrogens (tertiary/aromatic N) is 1. The smallest absolute Gasteiger partial charge is 0.271 e. The van der Waals surface area contributed by atoms with Gasteiger partial charge in [-0.3, -0.25) is 9.89 Å². The number of aromatic nitrogens is 2. The molecule has 1 aromatic rings. The van der Waals surface area contributed by atoms with Crippen molar-refractivity contribution in [3.05, 3.63) is 17.5 Å². The van der Waals surface area contributed by atoms with Crippen LogP contribution in [0.25, 0.3) is 0 Å². The molecule has 0 fully saturated rings. The summed E-state index contributed by atoms with van der Waals surface area (Å²) < 4.78 is 4.91. The van der Waals surface area contributed by atoms with Crippen LogP contribution in [0, 0.1) is 0 Å². The van der Waals surface area contributed by atoms with Gasteiger partial charge in [-0.2, -0.15) is 5.10 Å². The molecular formula is C13H24N4O2. The van der Waals surface area contributed by atoms with Gasteiger partial charge in [-0.05, 0) is 6.07 Å². The Morgan fingerprint density at radius 1 is 1.37 bits per heavy atom. The third kappa shape index (κ3) is 5.40. The first-order chi connectivity index (χ1) is 8.95. The molecule has 108 valence electrons. The second-order valence-electron chi connectivity index (χ2n) is 5.42. The standard InChI is InChI=1S/C13H24N4O2/c1-13(2,3)11-9-10(16-17-11)12(18)15-6-5-14-7-8-19-4/h9,14H,5-8H2,1-4H3,(H,15,18)(H,16,17). The first kappa shape index (κ1) is 15.7. The van der Waals surface area contributed by atoms with Crippen molar-refractivity contribution < 1.29 is 9.53 Å². The molecule has 0 spiro atoms. The average Bonchev–Trinajstić information content (AvgIpc) is 2.82. The van der Waals surface area contributed by atoms with E-state index in [2.05, 4.69) is 41.6 Å². The zero-order chi connectivity index (χ0) is 14.3. The first-order valence-corrected chi connectivity index (χ1v) is 6.49. The normalized spacial score (nSPS) is 11.6. The minimum absolute atomic E-state index is 0.0345. The molecule has 6 heteroatoms. The number of carbonyl (C=O) groups is 1. The molecule has 1 heterocycles. The Morgan fingerprint density at radius 2 is 2.11 bits per heavy atom. The van der Waals surface area contributed by atoms with E-state index in [0.717, 1.165) is 12.2 Å². The molecule has 0 aromatic carbocycles. The predicted octanol–water partition coefficient (Wildman–Crippen LogP) is 0.673. The van der Waals surface area contributed by atoms with E-state index in [9.17, 15) is 4.79 Å². The summed E-state index contributed by atoms with van der Waals surface area (Å²) in [6.45, 7) is 8.95. The van der Waals surface area contributed by atoms with E-state index >= 15 is 0 Å². The first-order valence-electron chi connectivity index (χ1n) is 6.49. The van der Waals surface area contributed by atoms with Crippen molar-refractivity contribution in [3.63, 3.8) is 0 Å². The molecule has 0 saturated heterocycles. The number of methoxy groups -OCH3 is 1. The van der Waals surface area contributed by atoms with Crippen LogP contribution in [-0.4, -0.2) is 49.5 Å². The highest BCUT2D eigenvalue weighted by atomic mass is 16.5. The summed E-state index contributed by atoms with van der Waals surface area (Å²) in [5, 5.41) is 12.9. The average molecular weight is 268 g/mol. The summed E-state index contributed by atoms with van der Waals surface area (Å²) in [5.74, 6) is -0.153. The third-order valence-electron chi connectivity index (χ3n) is 2.69. The van der Waals surface area contributed by atoms with E-state index in [1.54, 1.807) is 13.2 Å². The summed E-state index contributed by atoms with van der Waals surface area (Å²) in [6, 6.07) is 1.80. The van der Waals surface area contributed by atoms with Gasteiger partial charge in [-0.1, -0.05) is 20.8 Å². The Balaban J connectivity index is 2.32. The van der Waals surface area contributed by atoms with Gasteiger partial charge in [0.2, 0.25) is 0 Å². The Bertz CT molecular complexity index is 396. The zero-order valence-electron chi connectivity index (χ0n) is 12.2. The maximum absolute atomic E-state index is 11.8. The van der Waals surface area contributed by atoms with Gasteiger partial charge in [0.15, 0.2) is 0 Å². The number of ether oxygens (including phenoxy) is 1. The number of H-pyrrole nitrogens is 1. The fourth-order valence-corrected chi connectivity index (χ4v) is 1.48. The van der Waals surface area contributed by atoms with Crippen molar-refractivity contribution in [3.8, 4) is 0 Å². The van der Waals surface area contributed by atoms with Gasteiger partial charge < -0.3 is 15.4 Å². The molecule has 1 rings (SSSR count). The lowest BCUT2D eigenvalue weighted by Crippen LogP contribution is -2.33. The van der Waals surface area contributed by atoms with Gasteiger partial charge in [-0.25, -0.2) is 0 Å². The number of carbonyl (C=O) groups excluding carboxylic acids is 1. The number of aromatic amines is 1. The Kier molecular flexibility index (Phi) is 5.98. The van der Waals surface area contributed by atoms with Crippen molar-refractivity contribution >= 4 is 5.91 Å². The quantitative estimate of drug-likeness (QED) is 0.635. The topological polar surface area (TPSA) is 79.0 Å². The van der Waals surface area contributed by atoms with Crippen LogP contribution < -0.4 is 10.6 Å². The summed E-state index contributed by atoms with van der Waals surface area (Å²) in [7, 11) is 1.66. The van der Waals surface area contributed by atoms with E-state index in [0.29, 0.717) is 25.4 Å². The molecule has 0 saturated carbocycles. The van der Waals surface area contributed by atoms with Crippen molar-refractivity contribution in [1.29, 1.82) is 0 Å². The predicted molar refractivity (Wildman–Crippen MR) is 74.4 cm³/mol. The fourth-order valence-electron chi connectivity index (χ4n) is 1.48. The number of nitrogens with one attached hydrogen (secondary N) is 3. The van der Waals surface area contributed by atoms with Gasteiger partial charge in [0, 0.05) is 37.9 Å². The van der Waals surface area contributed by atoms with Gasteiger partial charge in [0.25, 0.3) is 5.91 Å². The molecule has 0 aliphatic carbocycles. The van der Waals surface area contributed by atoms with Crippen LogP contribution in [0.15, 0.2) is 6.07 Å². The lowest BCUT2D eigenvalue weighted by molar-refractivity contribution is 0.0948. The number of hydrogen-bond donors (Lipinski definition) is 3. The van der Waals surface area contributed by atoms with Crippen molar-refractivity contribution in [2.75, 3.05) is 33.4 Å². The van der Waals surface area contributed by atoms with Crippen LogP contribution in [0.2, 0.25) is 0 Å². The lowest BCUT2D eigenvalue weighted by Gasteiger charge is -2.14. The largest absolute Gasteiger partial charge is 0.383 e. The molecule has 0 atom stereocenters. The molecule has 6 nitrogen and oxygen atoms in total. The Hall–Kier alpha value is -1.40. The molecular weight excluding hydrogens is 244 g/mol. The number of amides is 1. The van der Waals surface area contributed by atoms with Crippen LogP contribution in [0.3, 0.4) is 0 Å². The molecule has 0 aliphatic rings. The molecule has 3 N–H and O–H groups in total. The molecule has 0 unspecified atom stereocenters. The van der Waals surface area contributed by atoms with E-state index in [-0.39, 0.29) is 11.3 Å². The van der Waals surface area contributed by atoms with E-state index < -0.39 is 0 Å². The van der Waals surface area contributed by atoms with Crippen LogP contribution in [0.1, 0.15) is 37.0 Å². The highest BCUT2D eigenvalue weighted by molar-refractivity contribution is 5.92. The monoisotopic (exact) mass is 268 g/mol. The summed E-state index contributed by atoms with van der Waals surface area (Å²) in [5.41, 5.74) is 1.35. The summed E-state index contributed by atoms with van der Waals surface area (Å²) >= 11 is 0. The molecule has 0 radical (unpaired) electrons. The van der Waals surface area contributed by atoms with Crippen molar-refractivity contribution in [2.45, 2.75) is 26.2 Å². The van der Waals surface area contributed by atoms with Gasteiger partial charge in [-0.15, -0.1) is 0 Å². The van der Waals surface area contributed by atoms with Crippen molar-refractivity contribution in [1.82, 2.24) is 20.8 Å². The molecule has 1 amide bonds.